The number of aromatic amines is 2. The number of hydrogen-bond acceptors (Lipinski definition) is 12. The molecule has 0 aliphatic carbocycles. The molecule has 1 aliphatic heterocycles. The van der Waals surface area contributed by atoms with E-state index in [0.29, 0.717) is 62.7 Å². The summed E-state index contributed by atoms with van der Waals surface area (Å²) < 4.78 is 51.7. The number of amides is 2. The summed E-state index contributed by atoms with van der Waals surface area (Å²) in [5.74, 6) is -0.679. The number of nitrogen functional groups attached to an aromatic ring is 1. The van der Waals surface area contributed by atoms with E-state index >= 15 is 0 Å². The van der Waals surface area contributed by atoms with Crippen LogP contribution in [0.5, 0.6) is 0 Å². The van der Waals surface area contributed by atoms with Gasteiger partial charge in [0.2, 0.25) is 17.8 Å². The van der Waals surface area contributed by atoms with Gasteiger partial charge in [0, 0.05) is 43.7 Å². The molecule has 1 aliphatic rings. The van der Waals surface area contributed by atoms with Crippen molar-refractivity contribution in [2.75, 3.05) is 65.0 Å². The van der Waals surface area contributed by atoms with Crippen molar-refractivity contribution in [1.29, 1.82) is 0 Å². The minimum Gasteiger partial charge on any atom is -0.378 e. The molecule has 2 aromatic heterocycles. The fourth-order valence-electron chi connectivity index (χ4n) is 5.24. The van der Waals surface area contributed by atoms with Crippen LogP contribution in [0.3, 0.4) is 0 Å². The average Bonchev–Trinajstić information content (AvgIpc) is 3.68. The number of nitrogens with zero attached hydrogens (tertiary/aromatic N) is 5. The molecule has 1 aromatic carbocycles. The molecule has 49 heavy (non-hydrogen) atoms. The lowest BCUT2D eigenvalue weighted by atomic mass is 10.1. The maximum absolute atomic E-state index is 13.1. The highest BCUT2D eigenvalue weighted by Crippen LogP contribution is 2.23. The second kappa shape index (κ2) is 18.2. The zero-order chi connectivity index (χ0) is 35.2. The van der Waals surface area contributed by atoms with Gasteiger partial charge < -0.3 is 40.5 Å². The van der Waals surface area contributed by atoms with Gasteiger partial charge in [-0.3, -0.25) is 19.4 Å². The molecule has 0 saturated carbocycles. The smallest absolute Gasteiger partial charge is 0.332 e. The summed E-state index contributed by atoms with van der Waals surface area (Å²) in [4.78, 5) is 51.2. The van der Waals surface area contributed by atoms with Crippen LogP contribution < -0.4 is 21.9 Å². The van der Waals surface area contributed by atoms with E-state index in [1.165, 1.54) is 17.0 Å². The van der Waals surface area contributed by atoms with Crippen LogP contribution >= 0.6 is 0 Å². The molecule has 2 atom stereocenters. The molecule has 1 unspecified atom stereocenters. The molecule has 18 nitrogen and oxygen atoms in total. The lowest BCUT2D eigenvalue weighted by molar-refractivity contribution is -0.138. The predicted molar refractivity (Wildman–Crippen MR) is 174 cm³/mol. The summed E-state index contributed by atoms with van der Waals surface area (Å²) in [6.45, 7) is 3.35. The largest absolute Gasteiger partial charge is 0.378 e. The molecule has 1 saturated heterocycles. The Hall–Kier alpha value is -4.59. The number of aromatic nitrogens is 3. The molecule has 3 aromatic rings. The van der Waals surface area contributed by atoms with E-state index in [4.69, 9.17) is 25.5 Å². The highest BCUT2D eigenvalue weighted by molar-refractivity contribution is 7.86. The third-order valence-corrected chi connectivity index (χ3v) is 8.45. The normalized spacial score (nSPS) is 16.1. The van der Waals surface area contributed by atoms with Gasteiger partial charge in [0.15, 0.2) is 0 Å². The zero-order valence-electron chi connectivity index (χ0n) is 26.6. The first-order valence-corrected chi connectivity index (χ1v) is 16.9. The number of benzene rings is 1. The van der Waals surface area contributed by atoms with E-state index in [9.17, 15) is 26.7 Å². The third-order valence-electron chi connectivity index (χ3n) is 7.62. The Kier molecular flexibility index (Phi) is 13.9. The maximum Gasteiger partial charge on any atom is 0.332 e. The standard InChI is InChI=1S/C29H39FN10O8S/c30-49(44,45)22-4-1-19(2-5-22)3-6-24(41)40-18-21(38-39-32)15-23(40)27(42)34-8-10-47-12-14-48-13-11-46-9-7-33-16-20-17-35-26-25(20)28(43)37-29(31)36-26/h1-2,4-5,17,21,23,33H,3,6-16,18H2,(H,34,42)(H4,31,35,36,37,43)/t21?,23-/m0/s1. The number of carbonyl (C=O) groups excluding carboxylic acids is 2. The lowest BCUT2D eigenvalue weighted by Gasteiger charge is -2.24. The van der Waals surface area contributed by atoms with Gasteiger partial charge in [-0.2, -0.15) is 13.4 Å². The third kappa shape index (κ3) is 11.2. The number of nitrogens with two attached hydrogens (primary N) is 1. The van der Waals surface area contributed by atoms with Gasteiger partial charge in [-0.15, -0.1) is 3.89 Å². The number of carbonyl (C=O) groups is 2. The number of rotatable bonds is 20. The van der Waals surface area contributed by atoms with Gasteiger partial charge in [-0.25, -0.2) is 0 Å². The molecule has 2 amide bonds. The van der Waals surface area contributed by atoms with Crippen LogP contribution in [0.25, 0.3) is 21.5 Å². The zero-order valence-corrected chi connectivity index (χ0v) is 27.4. The number of halogens is 1. The van der Waals surface area contributed by atoms with E-state index in [2.05, 4.69) is 35.6 Å². The van der Waals surface area contributed by atoms with E-state index < -0.39 is 33.1 Å². The summed E-state index contributed by atoms with van der Waals surface area (Å²) in [5.41, 5.74) is 15.9. The fourth-order valence-corrected chi connectivity index (χ4v) is 5.70. The van der Waals surface area contributed by atoms with Crippen molar-refractivity contribution in [3.8, 4) is 0 Å². The first-order valence-electron chi connectivity index (χ1n) is 15.5. The van der Waals surface area contributed by atoms with Crippen molar-refractivity contribution in [2.24, 2.45) is 5.11 Å². The van der Waals surface area contributed by atoms with Crippen molar-refractivity contribution in [2.45, 2.75) is 42.8 Å². The summed E-state index contributed by atoms with van der Waals surface area (Å²) in [7, 11) is -4.82. The van der Waals surface area contributed by atoms with Crippen LogP contribution in [-0.2, 0) is 47.0 Å². The highest BCUT2D eigenvalue weighted by Gasteiger charge is 2.38. The van der Waals surface area contributed by atoms with Crippen molar-refractivity contribution < 1.29 is 36.1 Å². The first-order chi connectivity index (χ1) is 23.6. The van der Waals surface area contributed by atoms with Gasteiger partial charge in [0.25, 0.3) is 5.56 Å². The molecule has 3 heterocycles. The summed E-state index contributed by atoms with van der Waals surface area (Å²) in [6, 6.07) is 3.72. The molecule has 0 bridgehead atoms. The molecule has 0 radical (unpaired) electrons. The van der Waals surface area contributed by atoms with Crippen LogP contribution in [-0.4, -0.2) is 111 Å². The Morgan fingerprint density at radius 1 is 1.10 bits per heavy atom. The first kappa shape index (κ1) is 37.2. The Morgan fingerprint density at radius 2 is 1.78 bits per heavy atom. The highest BCUT2D eigenvalue weighted by atomic mass is 32.3. The molecule has 6 N–H and O–H groups in total. The number of nitrogens with one attached hydrogen (secondary N) is 4. The van der Waals surface area contributed by atoms with Crippen LogP contribution in [0, 0.1) is 0 Å². The summed E-state index contributed by atoms with van der Waals surface area (Å²) in [5, 5.41) is 10.1. The molecule has 266 valence electrons. The van der Waals surface area contributed by atoms with Crippen LogP contribution in [0.15, 0.2) is 45.3 Å². The van der Waals surface area contributed by atoms with Gasteiger partial charge in [0.1, 0.15) is 11.7 Å². The Labute approximate surface area is 280 Å². The quantitative estimate of drug-likeness (QED) is 0.0358. The van der Waals surface area contributed by atoms with Crippen LogP contribution in [0.2, 0.25) is 0 Å². The number of H-pyrrole nitrogens is 2. The minimum atomic E-state index is -4.82. The van der Waals surface area contributed by atoms with Gasteiger partial charge in [0.05, 0.1) is 56.0 Å². The van der Waals surface area contributed by atoms with Crippen LogP contribution in [0.4, 0.5) is 9.83 Å². The van der Waals surface area contributed by atoms with Crippen molar-refractivity contribution in [3.63, 3.8) is 0 Å². The second-order valence-corrected chi connectivity index (χ2v) is 12.4. The number of anilines is 1. The average molecular weight is 707 g/mol. The number of fused-ring (bicyclic) bond motifs is 1. The van der Waals surface area contributed by atoms with E-state index in [1.54, 1.807) is 6.20 Å². The molecular weight excluding hydrogens is 667 g/mol. The van der Waals surface area contributed by atoms with E-state index in [0.717, 1.165) is 17.7 Å². The Bertz CT molecular complexity index is 1780. The summed E-state index contributed by atoms with van der Waals surface area (Å²) in [6.07, 6.45) is 2.15. The number of hydrogen-bond donors (Lipinski definition) is 5. The molecule has 20 heteroatoms. The topological polar surface area (TPSA) is 260 Å². The van der Waals surface area contributed by atoms with Gasteiger partial charge >= 0.3 is 10.2 Å². The number of azide groups is 1. The van der Waals surface area contributed by atoms with Crippen molar-refractivity contribution in [1.82, 2.24) is 30.5 Å². The Morgan fingerprint density at radius 3 is 2.45 bits per heavy atom. The molecule has 4 rings (SSSR count). The summed E-state index contributed by atoms with van der Waals surface area (Å²) >= 11 is 0. The molecular formula is C29H39FN10O8S. The molecule has 1 fully saturated rings. The monoisotopic (exact) mass is 706 g/mol. The van der Waals surface area contributed by atoms with E-state index in [1.807, 2.05) is 0 Å². The Balaban J connectivity index is 1.04. The number of likely N-dealkylation sites (tertiary alicyclic amines) is 1. The van der Waals surface area contributed by atoms with E-state index in [-0.39, 0.29) is 56.4 Å². The van der Waals surface area contributed by atoms with Gasteiger partial charge in [-0.05, 0) is 41.6 Å². The van der Waals surface area contributed by atoms with Crippen LogP contribution in [0.1, 0.15) is 24.0 Å². The SMILES string of the molecule is [N-]=[N+]=NC1C[C@@H](C(=O)NCCOCCOCCOCCNCc2c[nH]c3nc(N)[nH]c(=O)c23)N(C(=O)CCc2ccc(S(=O)(=O)F)cc2)C1. The number of ether oxygens (including phenoxy) is 3. The predicted octanol–water partition coefficient (Wildman–Crippen LogP) is 0.660. The van der Waals surface area contributed by atoms with Crippen molar-refractivity contribution in [3.05, 3.63) is 62.4 Å². The maximum atomic E-state index is 13.1. The minimum absolute atomic E-state index is 0.0171. The number of aryl methyl sites for hydroxylation is 1. The molecule has 0 spiro atoms. The lowest BCUT2D eigenvalue weighted by Crippen LogP contribution is -2.46. The van der Waals surface area contributed by atoms with Crippen molar-refractivity contribution >= 4 is 39.0 Å². The van der Waals surface area contributed by atoms with Gasteiger partial charge in [-0.1, -0.05) is 17.2 Å². The fraction of sp³-hybridized carbons (Fsp3) is 0.517. The second-order valence-electron chi connectivity index (χ2n) is 11.0.